The van der Waals surface area contributed by atoms with E-state index in [0.717, 1.165) is 23.9 Å². The Labute approximate surface area is 156 Å². The predicted molar refractivity (Wildman–Crippen MR) is 95.1 cm³/mol. The zero-order valence-corrected chi connectivity index (χ0v) is 14.9. The van der Waals surface area contributed by atoms with Gasteiger partial charge in [0, 0.05) is 16.7 Å². The minimum atomic E-state index is -0.850. The average molecular weight is 396 g/mol. The van der Waals surface area contributed by atoms with Crippen molar-refractivity contribution in [2.45, 2.75) is 17.4 Å². The first-order chi connectivity index (χ1) is 12.4. The topological polar surface area (TPSA) is 68.0 Å². The molecule has 1 amide bonds. The monoisotopic (exact) mass is 395 g/mol. The molecule has 0 fully saturated rings. The van der Waals surface area contributed by atoms with Gasteiger partial charge in [-0.05, 0) is 37.3 Å². The summed E-state index contributed by atoms with van der Waals surface area (Å²) in [4.78, 5) is 12.2. The van der Waals surface area contributed by atoms with Gasteiger partial charge in [-0.15, -0.1) is 10.2 Å². The van der Waals surface area contributed by atoms with Crippen molar-refractivity contribution in [3.8, 4) is 11.5 Å². The summed E-state index contributed by atoms with van der Waals surface area (Å²) < 4.78 is 32.0. The fourth-order valence-electron chi connectivity index (χ4n) is 2.03. The highest BCUT2D eigenvalue weighted by atomic mass is 35.5. The number of carbonyl (C=O) groups is 1. The maximum Gasteiger partial charge on any atom is 0.277 e. The van der Waals surface area contributed by atoms with Crippen LogP contribution >= 0.6 is 23.4 Å². The number of anilines is 1. The van der Waals surface area contributed by atoms with Crippen molar-refractivity contribution in [2.75, 3.05) is 5.32 Å². The van der Waals surface area contributed by atoms with E-state index in [4.69, 9.17) is 16.0 Å². The molecule has 5 nitrogen and oxygen atoms in total. The van der Waals surface area contributed by atoms with E-state index in [2.05, 4.69) is 15.5 Å². The van der Waals surface area contributed by atoms with Crippen LogP contribution in [0, 0.1) is 11.6 Å². The van der Waals surface area contributed by atoms with Crippen molar-refractivity contribution in [3.05, 3.63) is 59.1 Å². The molecular weight excluding hydrogens is 384 g/mol. The highest BCUT2D eigenvalue weighted by Gasteiger charge is 2.20. The largest absolute Gasteiger partial charge is 0.411 e. The number of halogens is 3. The second-order valence-corrected chi connectivity index (χ2v) is 6.99. The summed E-state index contributed by atoms with van der Waals surface area (Å²) in [5, 5.41) is 10.3. The fraction of sp³-hybridized carbons (Fsp3) is 0.118. The molecule has 0 saturated carbocycles. The van der Waals surface area contributed by atoms with Crippen LogP contribution in [0.3, 0.4) is 0 Å². The van der Waals surface area contributed by atoms with Gasteiger partial charge in [0.25, 0.3) is 5.22 Å². The second-order valence-electron chi connectivity index (χ2n) is 5.26. The normalized spacial score (nSPS) is 12.0. The number of amides is 1. The molecule has 0 radical (unpaired) electrons. The van der Waals surface area contributed by atoms with E-state index in [9.17, 15) is 13.6 Å². The molecule has 0 saturated heterocycles. The highest BCUT2D eigenvalue weighted by molar-refractivity contribution is 8.00. The van der Waals surface area contributed by atoms with Crippen molar-refractivity contribution in [2.24, 2.45) is 0 Å². The lowest BCUT2D eigenvalue weighted by Crippen LogP contribution is -2.23. The summed E-state index contributed by atoms with van der Waals surface area (Å²) in [6, 6.07) is 9.83. The number of nitrogens with one attached hydrogen (secondary N) is 1. The molecule has 0 spiro atoms. The molecule has 9 heteroatoms. The third-order valence-electron chi connectivity index (χ3n) is 3.31. The molecule has 1 aromatic heterocycles. The summed E-state index contributed by atoms with van der Waals surface area (Å²) >= 11 is 6.94. The lowest BCUT2D eigenvalue weighted by molar-refractivity contribution is -0.115. The molecule has 1 N–H and O–H groups in total. The number of thioether (sulfide) groups is 1. The fourth-order valence-corrected chi connectivity index (χ4v) is 2.90. The van der Waals surface area contributed by atoms with Gasteiger partial charge >= 0.3 is 0 Å². The van der Waals surface area contributed by atoms with Gasteiger partial charge in [-0.25, -0.2) is 8.78 Å². The van der Waals surface area contributed by atoms with E-state index < -0.39 is 22.8 Å². The molecule has 0 aliphatic carbocycles. The minimum absolute atomic E-state index is 0.103. The molecule has 134 valence electrons. The van der Waals surface area contributed by atoms with Crippen LogP contribution < -0.4 is 5.32 Å². The Morgan fingerprint density at radius 1 is 1.23 bits per heavy atom. The second kappa shape index (κ2) is 7.84. The molecule has 0 bridgehead atoms. The van der Waals surface area contributed by atoms with Gasteiger partial charge < -0.3 is 9.73 Å². The average Bonchev–Trinajstić information content (AvgIpc) is 3.06. The Hall–Kier alpha value is -2.45. The standard InChI is InChI=1S/C17H12ClF2N3O2S/c1-9(15(24)21-14-6-5-12(19)8-13(14)20)26-17-23-22-16(25-17)10-3-2-4-11(18)7-10/h2-9H,1H3,(H,21,24). The van der Waals surface area contributed by atoms with E-state index in [1.807, 2.05) is 0 Å². The molecule has 3 rings (SSSR count). The van der Waals surface area contributed by atoms with Crippen molar-refractivity contribution in [1.29, 1.82) is 0 Å². The maximum absolute atomic E-state index is 13.6. The Morgan fingerprint density at radius 3 is 2.77 bits per heavy atom. The van der Waals surface area contributed by atoms with Gasteiger partial charge in [-0.1, -0.05) is 29.4 Å². The number of carbonyl (C=O) groups excluding carboxylic acids is 1. The lowest BCUT2D eigenvalue weighted by Gasteiger charge is -2.10. The van der Waals surface area contributed by atoms with Crippen LogP contribution in [-0.2, 0) is 4.79 Å². The Morgan fingerprint density at radius 2 is 2.04 bits per heavy atom. The number of benzene rings is 2. The van der Waals surface area contributed by atoms with Crippen LogP contribution in [0.2, 0.25) is 5.02 Å². The first-order valence-electron chi connectivity index (χ1n) is 7.44. The van der Waals surface area contributed by atoms with Gasteiger partial charge in [-0.3, -0.25) is 4.79 Å². The molecule has 1 unspecified atom stereocenters. The summed E-state index contributed by atoms with van der Waals surface area (Å²) in [5.41, 5.74) is 0.552. The van der Waals surface area contributed by atoms with Crippen LogP contribution in [0.15, 0.2) is 52.1 Å². The predicted octanol–water partition coefficient (Wildman–Crippen LogP) is 4.79. The van der Waals surface area contributed by atoms with Crippen LogP contribution in [0.4, 0.5) is 14.5 Å². The Kier molecular flexibility index (Phi) is 5.53. The smallest absolute Gasteiger partial charge is 0.277 e. The van der Waals surface area contributed by atoms with Crippen LogP contribution in [0.25, 0.3) is 11.5 Å². The summed E-state index contributed by atoms with van der Waals surface area (Å²) in [7, 11) is 0. The number of hydrogen-bond donors (Lipinski definition) is 1. The van der Waals surface area contributed by atoms with Gasteiger partial charge in [0.05, 0.1) is 10.9 Å². The molecule has 1 heterocycles. The SMILES string of the molecule is CC(Sc1nnc(-c2cccc(Cl)c2)o1)C(=O)Nc1ccc(F)cc1F. The molecule has 0 aliphatic heterocycles. The minimum Gasteiger partial charge on any atom is -0.411 e. The van der Waals surface area contributed by atoms with Crippen LogP contribution in [0.1, 0.15) is 6.92 Å². The zero-order chi connectivity index (χ0) is 18.7. The van der Waals surface area contributed by atoms with Gasteiger partial charge in [0.2, 0.25) is 11.8 Å². The summed E-state index contributed by atoms with van der Waals surface area (Å²) in [6.45, 7) is 1.60. The third kappa shape index (κ3) is 4.39. The first kappa shape index (κ1) is 18.3. The maximum atomic E-state index is 13.6. The van der Waals surface area contributed by atoms with Crippen molar-refractivity contribution < 1.29 is 18.0 Å². The van der Waals surface area contributed by atoms with Gasteiger partial charge in [0.15, 0.2) is 0 Å². The van der Waals surface area contributed by atoms with Crippen molar-refractivity contribution in [1.82, 2.24) is 10.2 Å². The molecule has 26 heavy (non-hydrogen) atoms. The molecule has 2 aromatic carbocycles. The van der Waals surface area contributed by atoms with E-state index >= 15 is 0 Å². The third-order valence-corrected chi connectivity index (χ3v) is 4.48. The highest BCUT2D eigenvalue weighted by Crippen LogP contribution is 2.28. The number of hydrogen-bond acceptors (Lipinski definition) is 5. The van der Waals surface area contributed by atoms with Gasteiger partial charge in [-0.2, -0.15) is 0 Å². The van der Waals surface area contributed by atoms with Crippen molar-refractivity contribution >= 4 is 35.0 Å². The van der Waals surface area contributed by atoms with E-state index in [-0.39, 0.29) is 16.8 Å². The van der Waals surface area contributed by atoms with Crippen molar-refractivity contribution in [3.63, 3.8) is 0 Å². The zero-order valence-electron chi connectivity index (χ0n) is 13.4. The summed E-state index contributed by atoms with van der Waals surface area (Å²) in [5.74, 6) is -1.78. The number of nitrogens with zero attached hydrogens (tertiary/aromatic N) is 2. The molecular formula is C17H12ClF2N3O2S. The first-order valence-corrected chi connectivity index (χ1v) is 8.70. The van der Waals surface area contributed by atoms with E-state index in [1.165, 1.54) is 0 Å². The van der Waals surface area contributed by atoms with E-state index in [0.29, 0.717) is 16.7 Å². The van der Waals surface area contributed by atoms with Crippen LogP contribution in [-0.4, -0.2) is 21.4 Å². The molecule has 1 atom stereocenters. The quantitative estimate of drug-likeness (QED) is 0.629. The Balaban J connectivity index is 1.66. The molecule has 0 aliphatic rings. The summed E-state index contributed by atoms with van der Waals surface area (Å²) in [6.07, 6.45) is 0. The lowest BCUT2D eigenvalue weighted by atomic mass is 10.2. The van der Waals surface area contributed by atoms with E-state index in [1.54, 1.807) is 31.2 Å². The Bertz CT molecular complexity index is 951. The van der Waals surface area contributed by atoms with Crippen LogP contribution in [0.5, 0.6) is 0 Å². The van der Waals surface area contributed by atoms with Gasteiger partial charge in [0.1, 0.15) is 11.6 Å². The number of aromatic nitrogens is 2. The molecule has 3 aromatic rings. The number of rotatable bonds is 5.